The van der Waals surface area contributed by atoms with Crippen LogP contribution in [0.4, 0.5) is 0 Å². The van der Waals surface area contributed by atoms with E-state index in [0.717, 1.165) is 4.47 Å². The summed E-state index contributed by atoms with van der Waals surface area (Å²) in [7, 11) is 0. The van der Waals surface area contributed by atoms with Gasteiger partial charge in [-0.2, -0.15) is 0 Å². The average molecular weight is 461 g/mol. The third-order valence-electron chi connectivity index (χ3n) is 4.48. The first kappa shape index (κ1) is 21.3. The van der Waals surface area contributed by atoms with Crippen LogP contribution in [0.5, 0.6) is 0 Å². The van der Waals surface area contributed by atoms with Gasteiger partial charge in [0.1, 0.15) is 0 Å². The fourth-order valence-electron chi connectivity index (χ4n) is 2.91. The van der Waals surface area contributed by atoms with E-state index < -0.39 is 0 Å². The lowest BCUT2D eigenvalue weighted by molar-refractivity contribution is 1.46. The maximum atomic E-state index is 3.35. The number of fused-ring (bicyclic) bond motifs is 3. The first-order chi connectivity index (χ1) is 14.0. The summed E-state index contributed by atoms with van der Waals surface area (Å²) >= 11 is 5.22. The van der Waals surface area contributed by atoms with E-state index in [0.29, 0.717) is 0 Å². The smallest absolute Gasteiger partial charge is 0.0355 e. The van der Waals surface area contributed by atoms with Gasteiger partial charge >= 0.3 is 0 Å². The first-order valence-corrected chi connectivity index (χ1v) is 11.3. The lowest BCUT2D eigenvalue weighted by Gasteiger charge is -1.92. The molecule has 0 atom stereocenters. The number of hydrogen-bond acceptors (Lipinski definition) is 1. The third-order valence-corrected chi connectivity index (χ3v) is 6.16. The predicted molar refractivity (Wildman–Crippen MR) is 134 cm³/mol. The van der Waals surface area contributed by atoms with Crippen molar-refractivity contribution < 1.29 is 0 Å². The SMILES string of the molecule is Cc1ccc(Br)cc1.Cc1ccc2sc3ccccc3c2c1.Cc1ccccc1. The Morgan fingerprint density at radius 3 is 1.69 bits per heavy atom. The van der Waals surface area contributed by atoms with Crippen molar-refractivity contribution in [1.29, 1.82) is 0 Å². The van der Waals surface area contributed by atoms with Crippen molar-refractivity contribution in [2.45, 2.75) is 20.8 Å². The molecule has 0 aliphatic rings. The average Bonchev–Trinajstić information content (AvgIpc) is 3.10. The number of hydrogen-bond donors (Lipinski definition) is 0. The van der Waals surface area contributed by atoms with Crippen molar-refractivity contribution in [1.82, 2.24) is 0 Å². The summed E-state index contributed by atoms with van der Waals surface area (Å²) in [5.41, 5.74) is 3.96. The molecule has 2 heteroatoms. The summed E-state index contributed by atoms with van der Waals surface area (Å²) in [6.07, 6.45) is 0. The maximum Gasteiger partial charge on any atom is 0.0355 e. The molecule has 0 radical (unpaired) electrons. The second-order valence-corrected chi connectivity index (χ2v) is 9.05. The molecular formula is C27H25BrS. The maximum absolute atomic E-state index is 3.35. The Bertz CT molecular complexity index is 1150. The van der Waals surface area contributed by atoms with Crippen LogP contribution in [0.15, 0.2) is 102 Å². The van der Waals surface area contributed by atoms with Crippen LogP contribution in [-0.2, 0) is 0 Å². The molecule has 146 valence electrons. The fraction of sp³-hybridized carbons (Fsp3) is 0.111. The van der Waals surface area contributed by atoms with Gasteiger partial charge in [0.25, 0.3) is 0 Å². The number of halogens is 1. The van der Waals surface area contributed by atoms with Gasteiger partial charge in [0.15, 0.2) is 0 Å². The van der Waals surface area contributed by atoms with Gasteiger partial charge in [0.2, 0.25) is 0 Å². The van der Waals surface area contributed by atoms with Crippen LogP contribution >= 0.6 is 27.3 Å². The lowest BCUT2D eigenvalue weighted by Crippen LogP contribution is -1.69. The topological polar surface area (TPSA) is 0 Å². The zero-order valence-corrected chi connectivity index (χ0v) is 19.4. The molecule has 29 heavy (non-hydrogen) atoms. The van der Waals surface area contributed by atoms with Crippen LogP contribution in [-0.4, -0.2) is 0 Å². The van der Waals surface area contributed by atoms with Gasteiger partial charge < -0.3 is 0 Å². The van der Waals surface area contributed by atoms with Gasteiger partial charge in [-0.15, -0.1) is 11.3 Å². The summed E-state index contributed by atoms with van der Waals surface area (Å²) in [4.78, 5) is 0. The number of rotatable bonds is 0. The van der Waals surface area contributed by atoms with Crippen LogP contribution in [0.3, 0.4) is 0 Å². The van der Waals surface area contributed by atoms with E-state index in [9.17, 15) is 0 Å². The van der Waals surface area contributed by atoms with E-state index in [-0.39, 0.29) is 0 Å². The Kier molecular flexibility index (Phi) is 7.62. The van der Waals surface area contributed by atoms with Gasteiger partial charge in [0, 0.05) is 24.6 Å². The highest BCUT2D eigenvalue weighted by atomic mass is 79.9. The standard InChI is InChI=1S/C13H10S.C7H7Br.C7H8/c1-9-6-7-13-11(8-9)10-4-2-3-5-12(10)14-13;1-6-2-4-7(8)5-3-6;1-7-5-3-2-4-6-7/h2-8H,1H3;2-5H,1H3;2-6H,1H3. The Hall–Kier alpha value is -2.42. The number of benzene rings is 4. The molecule has 0 fully saturated rings. The Balaban J connectivity index is 0.000000137. The van der Waals surface area contributed by atoms with Crippen LogP contribution in [0.1, 0.15) is 16.7 Å². The Morgan fingerprint density at radius 1 is 0.517 bits per heavy atom. The van der Waals surface area contributed by atoms with Gasteiger partial charge in [-0.05, 0) is 51.1 Å². The van der Waals surface area contributed by atoms with E-state index in [1.54, 1.807) is 0 Å². The van der Waals surface area contributed by atoms with E-state index in [1.807, 2.05) is 41.7 Å². The highest BCUT2D eigenvalue weighted by Gasteiger charge is 2.02. The van der Waals surface area contributed by atoms with E-state index in [1.165, 1.54) is 36.9 Å². The van der Waals surface area contributed by atoms with E-state index >= 15 is 0 Å². The zero-order chi connectivity index (χ0) is 20.6. The van der Waals surface area contributed by atoms with Crippen molar-refractivity contribution in [2.24, 2.45) is 0 Å². The Morgan fingerprint density at radius 2 is 1.07 bits per heavy atom. The number of thiophene rings is 1. The molecule has 0 aliphatic carbocycles. The second-order valence-electron chi connectivity index (χ2n) is 7.05. The minimum Gasteiger partial charge on any atom is -0.135 e. The van der Waals surface area contributed by atoms with E-state index in [2.05, 4.69) is 103 Å². The molecule has 0 nitrogen and oxygen atoms in total. The summed E-state index contributed by atoms with van der Waals surface area (Å²) < 4.78 is 3.91. The van der Waals surface area contributed by atoms with Gasteiger partial charge in [0.05, 0.1) is 0 Å². The first-order valence-electron chi connectivity index (χ1n) is 9.64. The Labute approximate surface area is 186 Å². The molecule has 0 unspecified atom stereocenters. The van der Waals surface area contributed by atoms with Crippen molar-refractivity contribution in [3.8, 4) is 0 Å². The molecule has 0 bridgehead atoms. The molecule has 1 aromatic heterocycles. The highest BCUT2D eigenvalue weighted by Crippen LogP contribution is 2.33. The lowest BCUT2D eigenvalue weighted by atomic mass is 10.1. The minimum absolute atomic E-state index is 1.14. The van der Waals surface area contributed by atoms with Crippen molar-refractivity contribution in [3.63, 3.8) is 0 Å². The highest BCUT2D eigenvalue weighted by molar-refractivity contribution is 9.10. The summed E-state index contributed by atoms with van der Waals surface area (Å²) in [6.45, 7) is 6.30. The molecule has 1 heterocycles. The molecule has 5 aromatic rings. The minimum atomic E-state index is 1.14. The molecule has 5 rings (SSSR count). The zero-order valence-electron chi connectivity index (χ0n) is 17.0. The molecule has 0 aliphatic heterocycles. The quantitative estimate of drug-likeness (QED) is 0.216. The predicted octanol–water partition coefficient (Wildman–Crippen LogP) is 9.12. The second kappa shape index (κ2) is 10.4. The van der Waals surface area contributed by atoms with Crippen LogP contribution in [0, 0.1) is 20.8 Å². The monoisotopic (exact) mass is 460 g/mol. The normalized spacial score (nSPS) is 10.1. The van der Waals surface area contributed by atoms with Crippen molar-refractivity contribution >= 4 is 47.4 Å². The third kappa shape index (κ3) is 6.28. The molecule has 0 amide bonds. The molecular weight excluding hydrogens is 436 g/mol. The van der Waals surface area contributed by atoms with Crippen molar-refractivity contribution in [2.75, 3.05) is 0 Å². The largest absolute Gasteiger partial charge is 0.135 e. The molecule has 0 spiro atoms. The summed E-state index contributed by atoms with van der Waals surface area (Å²) in [5.74, 6) is 0. The summed E-state index contributed by atoms with van der Waals surface area (Å²) in [5, 5.41) is 2.78. The fourth-order valence-corrected chi connectivity index (χ4v) is 4.26. The number of aryl methyl sites for hydroxylation is 3. The van der Waals surface area contributed by atoms with Gasteiger partial charge in [-0.25, -0.2) is 0 Å². The molecule has 0 saturated carbocycles. The van der Waals surface area contributed by atoms with Crippen LogP contribution < -0.4 is 0 Å². The van der Waals surface area contributed by atoms with Gasteiger partial charge in [-0.3, -0.25) is 0 Å². The van der Waals surface area contributed by atoms with Gasteiger partial charge in [-0.1, -0.05) is 99.4 Å². The van der Waals surface area contributed by atoms with E-state index in [4.69, 9.17) is 0 Å². The molecule has 4 aromatic carbocycles. The van der Waals surface area contributed by atoms with Crippen LogP contribution in [0.25, 0.3) is 20.2 Å². The van der Waals surface area contributed by atoms with Crippen molar-refractivity contribution in [3.05, 3.63) is 118 Å². The van der Waals surface area contributed by atoms with Crippen LogP contribution in [0.2, 0.25) is 0 Å². The molecule has 0 saturated heterocycles. The summed E-state index contributed by atoms with van der Waals surface area (Å²) in [6, 6.07) is 33.8. The molecule has 0 N–H and O–H groups in total.